The van der Waals surface area contributed by atoms with Crippen LogP contribution in [-0.2, 0) is 16.4 Å². The van der Waals surface area contributed by atoms with Crippen LogP contribution < -0.4 is 5.73 Å². The van der Waals surface area contributed by atoms with Crippen LogP contribution in [0.2, 0.25) is 0 Å². The molecule has 1 saturated heterocycles. The molecule has 1 aromatic carbocycles. The van der Waals surface area contributed by atoms with Crippen LogP contribution >= 0.6 is 27.7 Å². The first-order valence-corrected chi connectivity index (χ1v) is 9.83. The average Bonchev–Trinajstić information content (AvgIpc) is 2.33. The Bertz CT molecular complexity index is 563. The van der Waals surface area contributed by atoms with E-state index in [4.69, 9.17) is 5.73 Å². The number of sulfone groups is 1. The van der Waals surface area contributed by atoms with Crippen LogP contribution in [0.5, 0.6) is 0 Å². The van der Waals surface area contributed by atoms with E-state index in [-0.39, 0.29) is 0 Å². The fourth-order valence-corrected chi connectivity index (χ4v) is 5.44. The quantitative estimate of drug-likeness (QED) is 0.830. The molecule has 1 aromatic rings. The van der Waals surface area contributed by atoms with Crippen LogP contribution in [0.3, 0.4) is 0 Å². The van der Waals surface area contributed by atoms with Gasteiger partial charge in [-0.25, -0.2) is 8.42 Å². The molecule has 1 unspecified atom stereocenters. The van der Waals surface area contributed by atoms with E-state index in [1.54, 1.807) is 11.8 Å². The van der Waals surface area contributed by atoms with Gasteiger partial charge in [-0.1, -0.05) is 15.9 Å². The maximum Gasteiger partial charge on any atom is 0.164 e. The second kappa shape index (κ2) is 6.03. The average molecular weight is 365 g/mol. The summed E-state index contributed by atoms with van der Waals surface area (Å²) in [5.74, 6) is 1.60. The minimum Gasteiger partial charge on any atom is -0.399 e. The molecule has 0 aliphatic carbocycles. The number of benzene rings is 1. The lowest BCUT2D eigenvalue weighted by atomic mass is 10.2. The lowest BCUT2D eigenvalue weighted by molar-refractivity contribution is 0.262. The molecule has 4 nitrogen and oxygen atoms in total. The molecule has 0 spiro atoms. The standard InChI is InChI=1S/C12H17BrN2O2S2/c1-19(16,17)12-8-18-5-4-15(12)7-9-6-10(14)2-3-11(9)13/h2-3,6,12H,4-5,7-8,14H2,1H3. The Morgan fingerprint density at radius 2 is 2.26 bits per heavy atom. The van der Waals surface area contributed by atoms with Gasteiger partial charge in [0.1, 0.15) is 5.37 Å². The van der Waals surface area contributed by atoms with Crippen LogP contribution in [-0.4, -0.2) is 43.0 Å². The van der Waals surface area contributed by atoms with E-state index < -0.39 is 15.2 Å². The van der Waals surface area contributed by atoms with Gasteiger partial charge in [-0.2, -0.15) is 11.8 Å². The van der Waals surface area contributed by atoms with Crippen LogP contribution in [0.4, 0.5) is 5.69 Å². The molecule has 2 rings (SSSR count). The SMILES string of the molecule is CS(=O)(=O)C1CSCCN1Cc1cc(N)ccc1Br. The maximum atomic E-state index is 11.8. The molecule has 106 valence electrons. The Kier molecular flexibility index (Phi) is 4.81. The van der Waals surface area contributed by atoms with Crippen molar-refractivity contribution < 1.29 is 8.42 Å². The molecule has 0 aromatic heterocycles. The zero-order chi connectivity index (χ0) is 14.0. The third-order valence-electron chi connectivity index (χ3n) is 3.13. The first-order valence-electron chi connectivity index (χ1n) is 5.92. The zero-order valence-electron chi connectivity index (χ0n) is 10.7. The fraction of sp³-hybridized carbons (Fsp3) is 0.500. The van der Waals surface area contributed by atoms with E-state index in [0.717, 1.165) is 22.3 Å². The van der Waals surface area contributed by atoms with Gasteiger partial charge in [0.25, 0.3) is 0 Å². The molecule has 19 heavy (non-hydrogen) atoms. The minimum atomic E-state index is -3.06. The lowest BCUT2D eigenvalue weighted by Crippen LogP contribution is -2.46. The molecule has 0 amide bonds. The van der Waals surface area contributed by atoms with Crippen LogP contribution in [0.1, 0.15) is 5.56 Å². The fourth-order valence-electron chi connectivity index (χ4n) is 2.13. The Hall–Kier alpha value is -0.240. The highest BCUT2D eigenvalue weighted by atomic mass is 79.9. The number of thioether (sulfide) groups is 1. The smallest absolute Gasteiger partial charge is 0.164 e. The summed E-state index contributed by atoms with van der Waals surface area (Å²) >= 11 is 5.19. The highest BCUT2D eigenvalue weighted by Gasteiger charge is 2.31. The van der Waals surface area contributed by atoms with Crippen LogP contribution in [0.15, 0.2) is 22.7 Å². The van der Waals surface area contributed by atoms with E-state index in [1.807, 2.05) is 23.1 Å². The zero-order valence-corrected chi connectivity index (χ0v) is 13.9. The Balaban J connectivity index is 2.22. The largest absolute Gasteiger partial charge is 0.399 e. The second-order valence-electron chi connectivity index (χ2n) is 4.68. The van der Waals surface area contributed by atoms with Crippen LogP contribution in [0, 0.1) is 0 Å². The van der Waals surface area contributed by atoms with Gasteiger partial charge in [-0.15, -0.1) is 0 Å². The van der Waals surface area contributed by atoms with Crippen molar-refractivity contribution in [2.24, 2.45) is 0 Å². The number of hydrogen-bond acceptors (Lipinski definition) is 5. The maximum absolute atomic E-state index is 11.8. The monoisotopic (exact) mass is 364 g/mol. The molecule has 1 aliphatic heterocycles. The van der Waals surface area contributed by atoms with Gasteiger partial charge in [0.05, 0.1) is 0 Å². The normalized spacial score (nSPS) is 21.5. The Labute approximate surface area is 126 Å². The van der Waals surface area contributed by atoms with Crippen molar-refractivity contribution in [2.45, 2.75) is 11.9 Å². The number of nitrogen functional groups attached to an aromatic ring is 1. The van der Waals surface area contributed by atoms with Gasteiger partial charge in [-0.05, 0) is 23.8 Å². The van der Waals surface area contributed by atoms with Crippen molar-refractivity contribution in [1.29, 1.82) is 0 Å². The van der Waals surface area contributed by atoms with Crippen molar-refractivity contribution in [2.75, 3.05) is 30.0 Å². The first-order chi connectivity index (χ1) is 8.88. The topological polar surface area (TPSA) is 63.4 Å². The number of nitrogens with zero attached hydrogens (tertiary/aromatic N) is 1. The molecule has 0 bridgehead atoms. The molecule has 1 aliphatic rings. The van der Waals surface area contributed by atoms with Gasteiger partial charge in [0.2, 0.25) is 0 Å². The molecule has 1 fully saturated rings. The number of anilines is 1. The molecular weight excluding hydrogens is 348 g/mol. The van der Waals surface area contributed by atoms with Crippen molar-refractivity contribution in [3.63, 3.8) is 0 Å². The lowest BCUT2D eigenvalue weighted by Gasteiger charge is -2.34. The summed E-state index contributed by atoms with van der Waals surface area (Å²) in [4.78, 5) is 2.02. The van der Waals surface area contributed by atoms with Crippen molar-refractivity contribution in [3.8, 4) is 0 Å². The predicted molar refractivity (Wildman–Crippen MR) is 84.9 cm³/mol. The molecule has 1 heterocycles. The van der Waals surface area contributed by atoms with E-state index >= 15 is 0 Å². The van der Waals surface area contributed by atoms with Gasteiger partial charge in [-0.3, -0.25) is 4.90 Å². The summed E-state index contributed by atoms with van der Waals surface area (Å²) in [6, 6.07) is 5.62. The second-order valence-corrected chi connectivity index (χ2v) is 8.89. The number of halogens is 1. The Morgan fingerprint density at radius 1 is 1.53 bits per heavy atom. The summed E-state index contributed by atoms with van der Waals surface area (Å²) in [6.07, 6.45) is 1.31. The first kappa shape index (κ1) is 15.2. The van der Waals surface area contributed by atoms with Gasteiger partial charge < -0.3 is 5.73 Å². The summed E-state index contributed by atoms with van der Waals surface area (Å²) in [6.45, 7) is 1.38. The molecular formula is C12H17BrN2O2S2. The highest BCUT2D eigenvalue weighted by Crippen LogP contribution is 2.26. The predicted octanol–water partition coefficient (Wildman–Crippen LogP) is 1.95. The third-order valence-corrected chi connectivity index (χ3v) is 6.59. The molecule has 2 N–H and O–H groups in total. The summed E-state index contributed by atoms with van der Waals surface area (Å²) in [5.41, 5.74) is 7.51. The summed E-state index contributed by atoms with van der Waals surface area (Å²) in [7, 11) is -3.06. The number of nitrogens with two attached hydrogens (primary N) is 1. The minimum absolute atomic E-state index is 0.403. The summed E-state index contributed by atoms with van der Waals surface area (Å²) in [5, 5.41) is -0.403. The molecule has 1 atom stereocenters. The van der Waals surface area contributed by atoms with Crippen molar-refractivity contribution >= 4 is 43.2 Å². The number of rotatable bonds is 3. The van der Waals surface area contributed by atoms with Gasteiger partial charge in [0.15, 0.2) is 9.84 Å². The van der Waals surface area contributed by atoms with Crippen LogP contribution in [0.25, 0.3) is 0 Å². The van der Waals surface area contributed by atoms with Crippen molar-refractivity contribution in [1.82, 2.24) is 4.90 Å². The third kappa shape index (κ3) is 3.87. The molecule has 0 radical (unpaired) electrons. The van der Waals surface area contributed by atoms with Gasteiger partial charge in [0, 0.05) is 41.0 Å². The number of hydrogen-bond donors (Lipinski definition) is 1. The van der Waals surface area contributed by atoms with Gasteiger partial charge >= 0.3 is 0 Å². The van der Waals surface area contributed by atoms with E-state index in [2.05, 4.69) is 15.9 Å². The molecule has 7 heteroatoms. The molecule has 0 saturated carbocycles. The summed E-state index contributed by atoms with van der Waals surface area (Å²) < 4.78 is 24.7. The van der Waals surface area contributed by atoms with E-state index in [0.29, 0.717) is 18.0 Å². The Morgan fingerprint density at radius 3 is 2.95 bits per heavy atom. The van der Waals surface area contributed by atoms with E-state index in [9.17, 15) is 8.42 Å². The highest BCUT2D eigenvalue weighted by molar-refractivity contribution is 9.10. The van der Waals surface area contributed by atoms with E-state index in [1.165, 1.54) is 6.26 Å². The van der Waals surface area contributed by atoms with Crippen molar-refractivity contribution in [3.05, 3.63) is 28.2 Å².